The molecule has 0 bridgehead atoms. The van der Waals surface area contributed by atoms with Gasteiger partial charge in [0.2, 0.25) is 0 Å². The standard InChI is InChI=1S/C23H28O2S/c1-4-20-18-13-23(9-10-23)8-7-17(18)22(26-20)19(24)6-5-16-11-14(2)21(25)15(3)12-16/h5-6,11-12,18,20,25H,4,7-10,13H2,1-3H3/b6-5+. The molecule has 2 aliphatic carbocycles. The molecule has 138 valence electrons. The average Bonchev–Trinajstić information content (AvgIpc) is 3.27. The van der Waals surface area contributed by atoms with Crippen molar-refractivity contribution in [1.29, 1.82) is 0 Å². The Kier molecular flexibility index (Phi) is 4.54. The van der Waals surface area contributed by atoms with E-state index in [1.54, 1.807) is 6.08 Å². The number of hydrogen-bond donors (Lipinski definition) is 1. The van der Waals surface area contributed by atoms with Crippen LogP contribution >= 0.6 is 11.8 Å². The van der Waals surface area contributed by atoms with E-state index >= 15 is 0 Å². The van der Waals surface area contributed by atoms with Gasteiger partial charge in [-0.2, -0.15) is 0 Å². The van der Waals surface area contributed by atoms with Crippen LogP contribution in [0.15, 0.2) is 28.7 Å². The Hall–Kier alpha value is -1.48. The Balaban J connectivity index is 1.56. The van der Waals surface area contributed by atoms with Crippen LogP contribution in [-0.2, 0) is 4.79 Å². The molecule has 1 spiro atoms. The molecule has 3 aliphatic rings. The van der Waals surface area contributed by atoms with Crippen molar-refractivity contribution in [2.45, 2.75) is 64.5 Å². The van der Waals surface area contributed by atoms with Gasteiger partial charge in [0, 0.05) is 5.25 Å². The van der Waals surface area contributed by atoms with Gasteiger partial charge in [0.15, 0.2) is 5.78 Å². The molecule has 1 heterocycles. The molecule has 0 amide bonds. The van der Waals surface area contributed by atoms with Gasteiger partial charge in [-0.25, -0.2) is 0 Å². The molecule has 4 rings (SSSR count). The number of rotatable bonds is 4. The van der Waals surface area contributed by atoms with Crippen LogP contribution in [0.4, 0.5) is 0 Å². The van der Waals surface area contributed by atoms with Crippen molar-refractivity contribution in [2.24, 2.45) is 11.3 Å². The Morgan fingerprint density at radius 1 is 1.27 bits per heavy atom. The van der Waals surface area contributed by atoms with E-state index in [0.29, 0.717) is 22.3 Å². The molecule has 1 aliphatic heterocycles. The van der Waals surface area contributed by atoms with Crippen molar-refractivity contribution in [2.75, 3.05) is 0 Å². The van der Waals surface area contributed by atoms with Gasteiger partial charge in [0.25, 0.3) is 0 Å². The summed E-state index contributed by atoms with van der Waals surface area (Å²) in [7, 11) is 0. The van der Waals surface area contributed by atoms with Crippen molar-refractivity contribution in [1.82, 2.24) is 0 Å². The van der Waals surface area contributed by atoms with Gasteiger partial charge < -0.3 is 5.11 Å². The fourth-order valence-corrected chi connectivity index (χ4v) is 6.26. The first kappa shape index (κ1) is 17.9. The molecule has 2 atom stereocenters. The summed E-state index contributed by atoms with van der Waals surface area (Å²) in [4.78, 5) is 14.0. The van der Waals surface area contributed by atoms with Gasteiger partial charge in [0.05, 0.1) is 4.91 Å². The lowest BCUT2D eigenvalue weighted by atomic mass is 9.73. The third-order valence-corrected chi connectivity index (χ3v) is 8.22. The summed E-state index contributed by atoms with van der Waals surface area (Å²) in [5, 5.41) is 10.5. The third kappa shape index (κ3) is 3.15. The van der Waals surface area contributed by atoms with Crippen LogP contribution in [0.1, 0.15) is 62.1 Å². The Bertz CT molecular complexity index is 790. The SMILES string of the molecule is CCC1SC(C(=O)/C=C/c2cc(C)c(O)c(C)c2)=C2CCC3(CC3)CC21. The van der Waals surface area contributed by atoms with Crippen LogP contribution in [0.25, 0.3) is 6.08 Å². The molecule has 1 N–H and O–H groups in total. The summed E-state index contributed by atoms with van der Waals surface area (Å²) < 4.78 is 0. The van der Waals surface area contributed by atoms with Crippen LogP contribution in [0, 0.1) is 25.2 Å². The van der Waals surface area contributed by atoms with Crippen molar-refractivity contribution < 1.29 is 9.90 Å². The zero-order valence-electron chi connectivity index (χ0n) is 16.0. The number of ketones is 1. The molecule has 1 aromatic rings. The van der Waals surface area contributed by atoms with E-state index in [4.69, 9.17) is 0 Å². The largest absolute Gasteiger partial charge is 0.507 e. The molecule has 2 saturated carbocycles. The maximum Gasteiger partial charge on any atom is 0.192 e. The summed E-state index contributed by atoms with van der Waals surface area (Å²) >= 11 is 1.84. The summed E-state index contributed by atoms with van der Waals surface area (Å²) in [6.07, 6.45) is 11.3. The topological polar surface area (TPSA) is 37.3 Å². The first-order chi connectivity index (χ1) is 12.4. The van der Waals surface area contributed by atoms with Gasteiger partial charge >= 0.3 is 0 Å². The quantitative estimate of drug-likeness (QED) is 0.667. The summed E-state index contributed by atoms with van der Waals surface area (Å²) in [6, 6.07) is 3.86. The molecule has 0 saturated heterocycles. The predicted molar refractivity (Wildman–Crippen MR) is 109 cm³/mol. The number of phenolic OH excluding ortho intramolecular Hbond substituents is 1. The monoisotopic (exact) mass is 368 g/mol. The predicted octanol–water partition coefficient (Wildman–Crippen LogP) is 5.95. The smallest absolute Gasteiger partial charge is 0.192 e. The van der Waals surface area contributed by atoms with Crippen molar-refractivity contribution in [3.63, 3.8) is 0 Å². The minimum Gasteiger partial charge on any atom is -0.507 e. The second-order valence-corrected chi connectivity index (χ2v) is 9.68. The molecule has 0 aromatic heterocycles. The lowest BCUT2D eigenvalue weighted by molar-refractivity contribution is -0.110. The van der Waals surface area contributed by atoms with Gasteiger partial charge in [-0.1, -0.05) is 13.0 Å². The lowest BCUT2D eigenvalue weighted by Crippen LogP contribution is -2.24. The minimum absolute atomic E-state index is 0.168. The fraction of sp³-hybridized carbons (Fsp3) is 0.522. The Morgan fingerprint density at radius 2 is 1.96 bits per heavy atom. The van der Waals surface area contributed by atoms with E-state index in [0.717, 1.165) is 34.4 Å². The maximum atomic E-state index is 12.9. The van der Waals surface area contributed by atoms with Gasteiger partial charge in [-0.15, -0.1) is 11.8 Å². The van der Waals surface area contributed by atoms with Gasteiger partial charge in [0.1, 0.15) is 5.75 Å². The van der Waals surface area contributed by atoms with E-state index in [-0.39, 0.29) is 5.78 Å². The highest BCUT2D eigenvalue weighted by atomic mass is 32.2. The van der Waals surface area contributed by atoms with Gasteiger partial charge in [-0.05, 0) is 104 Å². The molecule has 2 fully saturated rings. The number of benzene rings is 1. The molecular weight excluding hydrogens is 340 g/mol. The number of hydrogen-bond acceptors (Lipinski definition) is 3. The van der Waals surface area contributed by atoms with E-state index in [2.05, 4.69) is 6.92 Å². The van der Waals surface area contributed by atoms with E-state index < -0.39 is 0 Å². The van der Waals surface area contributed by atoms with Crippen LogP contribution < -0.4 is 0 Å². The van der Waals surface area contributed by atoms with Gasteiger partial charge in [-0.3, -0.25) is 4.79 Å². The average molecular weight is 369 g/mol. The number of thioether (sulfide) groups is 1. The molecule has 2 nitrogen and oxygen atoms in total. The Morgan fingerprint density at radius 3 is 2.58 bits per heavy atom. The number of phenols is 1. The number of aromatic hydroxyl groups is 1. The summed E-state index contributed by atoms with van der Waals surface area (Å²) in [6.45, 7) is 6.05. The molecule has 0 radical (unpaired) electrons. The molecule has 2 unspecified atom stereocenters. The number of fused-ring (bicyclic) bond motifs is 1. The normalized spacial score (nSPS) is 26.6. The van der Waals surface area contributed by atoms with Crippen molar-refractivity contribution in [3.8, 4) is 5.75 Å². The maximum absolute atomic E-state index is 12.9. The molecular formula is C23H28O2S. The number of aryl methyl sites for hydroxylation is 2. The Labute approximate surface area is 160 Å². The van der Waals surface area contributed by atoms with Crippen LogP contribution in [0.2, 0.25) is 0 Å². The van der Waals surface area contributed by atoms with Crippen molar-refractivity contribution in [3.05, 3.63) is 45.4 Å². The second kappa shape index (κ2) is 6.60. The summed E-state index contributed by atoms with van der Waals surface area (Å²) in [5.41, 5.74) is 4.76. The number of carbonyl (C=O) groups excluding carboxylic acids is 1. The van der Waals surface area contributed by atoms with Crippen LogP contribution in [-0.4, -0.2) is 16.1 Å². The zero-order valence-corrected chi connectivity index (χ0v) is 16.8. The lowest BCUT2D eigenvalue weighted by Gasteiger charge is -2.31. The van der Waals surface area contributed by atoms with Crippen molar-refractivity contribution >= 4 is 23.6 Å². The molecule has 26 heavy (non-hydrogen) atoms. The third-order valence-electron chi connectivity index (χ3n) is 6.56. The van der Waals surface area contributed by atoms with E-state index in [1.807, 2.05) is 43.8 Å². The van der Waals surface area contributed by atoms with E-state index in [1.165, 1.54) is 31.3 Å². The fourth-order valence-electron chi connectivity index (χ4n) is 4.77. The molecule has 1 aromatic carbocycles. The first-order valence-electron chi connectivity index (χ1n) is 9.85. The number of carbonyl (C=O) groups is 1. The highest BCUT2D eigenvalue weighted by Gasteiger charge is 2.51. The van der Waals surface area contributed by atoms with E-state index in [9.17, 15) is 9.90 Å². The van der Waals surface area contributed by atoms with Crippen LogP contribution in [0.5, 0.6) is 5.75 Å². The molecule has 3 heteroatoms. The minimum atomic E-state index is 0.168. The highest BCUT2D eigenvalue weighted by Crippen LogP contribution is 2.63. The second-order valence-electron chi connectivity index (χ2n) is 8.43. The number of allylic oxidation sites excluding steroid dienone is 3. The first-order valence-corrected chi connectivity index (χ1v) is 10.7. The summed E-state index contributed by atoms with van der Waals surface area (Å²) in [5.74, 6) is 1.14. The highest BCUT2D eigenvalue weighted by molar-refractivity contribution is 8.04. The zero-order chi connectivity index (χ0) is 18.5. The van der Waals surface area contributed by atoms with Crippen LogP contribution in [0.3, 0.4) is 0 Å².